The molecule has 2 aromatic heterocycles. The maximum atomic E-state index is 13.3. The first-order valence-corrected chi connectivity index (χ1v) is 12.3. The monoisotopic (exact) mass is 454 g/mol. The van der Waals surface area contributed by atoms with Gasteiger partial charge in [-0.1, -0.05) is 6.92 Å². The van der Waals surface area contributed by atoms with Gasteiger partial charge in [0.15, 0.2) is 0 Å². The molecule has 2 fully saturated rings. The molecule has 1 saturated carbocycles. The van der Waals surface area contributed by atoms with Crippen molar-refractivity contribution in [1.29, 1.82) is 0 Å². The summed E-state index contributed by atoms with van der Waals surface area (Å²) in [4.78, 5) is 30.8. The lowest BCUT2D eigenvalue weighted by molar-refractivity contribution is -0.128. The molecule has 1 aliphatic heterocycles. The number of piperidine rings is 1. The topological polar surface area (TPSA) is 96.2 Å². The number of hydrogen-bond donors (Lipinski definition) is 3. The van der Waals surface area contributed by atoms with Crippen LogP contribution in [0.25, 0.3) is 10.9 Å². The van der Waals surface area contributed by atoms with Gasteiger partial charge in [-0.25, -0.2) is 0 Å². The van der Waals surface area contributed by atoms with E-state index >= 15 is 0 Å². The summed E-state index contributed by atoms with van der Waals surface area (Å²) in [5.41, 5.74) is 1.81. The van der Waals surface area contributed by atoms with E-state index < -0.39 is 5.60 Å². The fourth-order valence-corrected chi connectivity index (χ4v) is 5.65. The molecule has 1 aliphatic carbocycles. The molecule has 1 saturated heterocycles. The SMILES string of the molecule is Cc1cc2c(cn1)cc(C1CC(NC(=O)C3CCNC(C(C)(C)O)C3)CCC1C)c(=O)n2C. The van der Waals surface area contributed by atoms with Crippen molar-refractivity contribution in [2.45, 2.75) is 83.4 Å². The molecule has 7 nitrogen and oxygen atoms in total. The number of pyridine rings is 2. The van der Waals surface area contributed by atoms with Crippen LogP contribution in [-0.2, 0) is 11.8 Å². The van der Waals surface area contributed by atoms with E-state index in [9.17, 15) is 14.7 Å². The van der Waals surface area contributed by atoms with Crippen molar-refractivity contribution in [2.75, 3.05) is 6.54 Å². The smallest absolute Gasteiger partial charge is 0.254 e. The molecule has 2 aromatic rings. The van der Waals surface area contributed by atoms with Gasteiger partial charge in [0.1, 0.15) is 0 Å². The summed E-state index contributed by atoms with van der Waals surface area (Å²) >= 11 is 0. The Balaban J connectivity index is 1.51. The highest BCUT2D eigenvalue weighted by Gasteiger charge is 2.37. The van der Waals surface area contributed by atoms with Gasteiger partial charge in [-0.3, -0.25) is 14.6 Å². The van der Waals surface area contributed by atoms with Crippen LogP contribution in [0.3, 0.4) is 0 Å². The zero-order chi connectivity index (χ0) is 23.9. The van der Waals surface area contributed by atoms with Crippen molar-refractivity contribution in [1.82, 2.24) is 20.2 Å². The summed E-state index contributed by atoms with van der Waals surface area (Å²) in [7, 11) is 1.83. The summed E-state index contributed by atoms with van der Waals surface area (Å²) in [6.07, 6.45) is 5.94. The van der Waals surface area contributed by atoms with Gasteiger partial charge in [-0.15, -0.1) is 0 Å². The molecule has 0 bridgehead atoms. The number of rotatable bonds is 4. The van der Waals surface area contributed by atoms with Gasteiger partial charge in [-0.2, -0.15) is 0 Å². The summed E-state index contributed by atoms with van der Waals surface area (Å²) in [5, 5.41) is 18.0. The third-order valence-corrected chi connectivity index (χ3v) is 7.84. The first kappa shape index (κ1) is 23.9. The van der Waals surface area contributed by atoms with E-state index in [-0.39, 0.29) is 35.4 Å². The highest BCUT2D eigenvalue weighted by Crippen LogP contribution is 2.37. The second kappa shape index (κ2) is 9.18. The van der Waals surface area contributed by atoms with Crippen molar-refractivity contribution >= 4 is 16.8 Å². The maximum Gasteiger partial charge on any atom is 0.254 e. The summed E-state index contributed by atoms with van der Waals surface area (Å²) in [6.45, 7) is 8.45. The second-order valence-corrected chi connectivity index (χ2v) is 10.8. The molecule has 0 aromatic carbocycles. The van der Waals surface area contributed by atoms with Gasteiger partial charge < -0.3 is 20.3 Å². The van der Waals surface area contributed by atoms with E-state index in [1.807, 2.05) is 32.3 Å². The number of nitrogens with one attached hydrogen (secondary N) is 2. The lowest BCUT2D eigenvalue weighted by Gasteiger charge is -2.38. The predicted molar refractivity (Wildman–Crippen MR) is 130 cm³/mol. The van der Waals surface area contributed by atoms with Crippen LogP contribution in [0.4, 0.5) is 0 Å². The Morgan fingerprint density at radius 3 is 2.73 bits per heavy atom. The van der Waals surface area contributed by atoms with Crippen molar-refractivity contribution in [3.8, 4) is 0 Å². The van der Waals surface area contributed by atoms with Crippen LogP contribution in [0.2, 0.25) is 0 Å². The average Bonchev–Trinajstić information content (AvgIpc) is 2.77. The molecule has 0 radical (unpaired) electrons. The number of fused-ring (bicyclic) bond motifs is 1. The van der Waals surface area contributed by atoms with Crippen molar-refractivity contribution < 1.29 is 9.90 Å². The number of aromatic nitrogens is 2. The van der Waals surface area contributed by atoms with E-state index in [0.29, 0.717) is 12.3 Å². The molecular weight excluding hydrogens is 416 g/mol. The van der Waals surface area contributed by atoms with E-state index in [1.165, 1.54) is 0 Å². The summed E-state index contributed by atoms with van der Waals surface area (Å²) in [5.74, 6) is 0.462. The molecule has 0 spiro atoms. The van der Waals surface area contributed by atoms with Crippen LogP contribution in [-0.4, -0.2) is 44.8 Å². The van der Waals surface area contributed by atoms with Gasteiger partial charge >= 0.3 is 0 Å². The predicted octanol–water partition coefficient (Wildman–Crippen LogP) is 2.77. The van der Waals surface area contributed by atoms with Crippen molar-refractivity contribution in [3.05, 3.63) is 39.9 Å². The molecular formula is C26H38N4O3. The lowest BCUT2D eigenvalue weighted by atomic mass is 9.74. The van der Waals surface area contributed by atoms with Gasteiger partial charge in [0.05, 0.1) is 11.1 Å². The Labute approximate surface area is 196 Å². The molecule has 2 aliphatic rings. The molecule has 33 heavy (non-hydrogen) atoms. The van der Waals surface area contributed by atoms with Crippen LogP contribution in [0.5, 0.6) is 0 Å². The van der Waals surface area contributed by atoms with Crippen molar-refractivity contribution in [3.63, 3.8) is 0 Å². The Kier molecular flexibility index (Phi) is 6.65. The molecule has 3 heterocycles. The van der Waals surface area contributed by atoms with E-state index in [2.05, 4.69) is 22.5 Å². The Bertz CT molecular complexity index is 1090. The van der Waals surface area contributed by atoms with Crippen LogP contribution in [0.15, 0.2) is 23.1 Å². The molecule has 4 rings (SSSR count). The van der Waals surface area contributed by atoms with Gasteiger partial charge in [0.25, 0.3) is 5.56 Å². The Morgan fingerprint density at radius 1 is 1.24 bits per heavy atom. The summed E-state index contributed by atoms with van der Waals surface area (Å²) in [6, 6.07) is 3.94. The molecule has 5 atom stereocenters. The number of aliphatic hydroxyl groups is 1. The molecule has 180 valence electrons. The molecule has 3 N–H and O–H groups in total. The van der Waals surface area contributed by atoms with Gasteiger partial charge in [-0.05, 0) is 83.4 Å². The van der Waals surface area contributed by atoms with E-state index in [1.54, 1.807) is 18.4 Å². The first-order valence-electron chi connectivity index (χ1n) is 12.3. The highest BCUT2D eigenvalue weighted by molar-refractivity contribution is 5.80. The highest BCUT2D eigenvalue weighted by atomic mass is 16.3. The van der Waals surface area contributed by atoms with E-state index in [0.717, 1.165) is 54.4 Å². The zero-order valence-electron chi connectivity index (χ0n) is 20.5. The molecule has 1 amide bonds. The second-order valence-electron chi connectivity index (χ2n) is 10.8. The van der Waals surface area contributed by atoms with Crippen molar-refractivity contribution in [2.24, 2.45) is 18.9 Å². The van der Waals surface area contributed by atoms with Crippen LogP contribution in [0.1, 0.15) is 70.1 Å². The van der Waals surface area contributed by atoms with Crippen LogP contribution >= 0.6 is 0 Å². The van der Waals surface area contributed by atoms with E-state index in [4.69, 9.17) is 0 Å². The fourth-order valence-electron chi connectivity index (χ4n) is 5.65. The Hall–Kier alpha value is -2.25. The lowest BCUT2D eigenvalue weighted by Crippen LogP contribution is -2.54. The van der Waals surface area contributed by atoms with Gasteiger partial charge in [0.2, 0.25) is 5.91 Å². The minimum Gasteiger partial charge on any atom is -0.389 e. The van der Waals surface area contributed by atoms with Gasteiger partial charge in [0, 0.05) is 47.9 Å². The first-order chi connectivity index (χ1) is 15.5. The number of carbonyl (C=O) groups excluding carboxylic acids is 1. The largest absolute Gasteiger partial charge is 0.389 e. The minimum atomic E-state index is -0.853. The third kappa shape index (κ3) is 4.99. The average molecular weight is 455 g/mol. The Morgan fingerprint density at radius 2 is 2.00 bits per heavy atom. The number of hydrogen-bond acceptors (Lipinski definition) is 5. The standard InChI is InChI=1S/C26H38N4O3/c1-15-6-7-19(29-24(31)17-8-9-27-23(12-17)26(3,4)33)13-20(15)21-11-18-14-28-16(2)10-22(18)30(5)25(21)32/h10-11,14-15,17,19-20,23,27,33H,6-9,12-13H2,1-5H3,(H,29,31). The normalized spacial score (nSPS) is 28.6. The quantitative estimate of drug-likeness (QED) is 0.660. The number of carbonyl (C=O) groups is 1. The fraction of sp³-hybridized carbons (Fsp3) is 0.654. The maximum absolute atomic E-state index is 13.3. The number of nitrogens with zero attached hydrogens (tertiary/aromatic N) is 2. The minimum absolute atomic E-state index is 0.0447. The molecule has 5 unspecified atom stereocenters. The van der Waals surface area contributed by atoms with Crippen LogP contribution in [0, 0.1) is 18.8 Å². The molecule has 7 heteroatoms. The zero-order valence-corrected chi connectivity index (χ0v) is 20.5. The van der Waals surface area contributed by atoms with Crippen LogP contribution < -0.4 is 16.2 Å². The summed E-state index contributed by atoms with van der Waals surface area (Å²) < 4.78 is 1.74. The number of amides is 1. The third-order valence-electron chi connectivity index (χ3n) is 7.84. The number of aryl methyl sites for hydroxylation is 2.